The third-order valence-corrected chi connectivity index (χ3v) is 6.83. The molecule has 0 amide bonds. The highest BCUT2D eigenvalue weighted by atomic mass is 35.5. The zero-order chi connectivity index (χ0) is 18.8. The van der Waals surface area contributed by atoms with E-state index in [-0.39, 0.29) is 5.56 Å². The molecule has 0 saturated carbocycles. The Morgan fingerprint density at radius 3 is 1.93 bits per heavy atom. The van der Waals surface area contributed by atoms with Gasteiger partial charge < -0.3 is 0 Å². The van der Waals surface area contributed by atoms with Gasteiger partial charge in [-0.15, -0.1) is 0 Å². The summed E-state index contributed by atoms with van der Waals surface area (Å²) in [6.45, 7) is 0. The van der Waals surface area contributed by atoms with E-state index in [1.165, 1.54) is 6.07 Å². The van der Waals surface area contributed by atoms with Crippen molar-refractivity contribution in [3.8, 4) is 0 Å². The Morgan fingerprint density at radius 1 is 0.778 bits per heavy atom. The fourth-order valence-electron chi connectivity index (χ4n) is 3.07. The van der Waals surface area contributed by atoms with Crippen LogP contribution in [0.3, 0.4) is 0 Å². The average molecular weight is 398 g/mol. The van der Waals surface area contributed by atoms with Crippen LogP contribution in [0, 0.1) is 0 Å². The highest BCUT2D eigenvalue weighted by molar-refractivity contribution is 7.79. The molecule has 0 bridgehead atoms. The van der Waals surface area contributed by atoms with Gasteiger partial charge >= 0.3 is 0 Å². The van der Waals surface area contributed by atoms with Crippen molar-refractivity contribution >= 4 is 46.5 Å². The molecule has 0 N–H and O–H groups in total. The summed E-state index contributed by atoms with van der Waals surface area (Å²) in [5, 5.41) is 2.96. The number of benzene rings is 3. The van der Waals surface area contributed by atoms with Crippen molar-refractivity contribution in [1.29, 1.82) is 0 Å². The van der Waals surface area contributed by atoms with E-state index in [1.807, 2.05) is 60.7 Å². The number of rotatable bonds is 4. The van der Waals surface area contributed by atoms with Crippen molar-refractivity contribution in [2.45, 2.75) is 6.43 Å². The first-order valence-electron chi connectivity index (χ1n) is 8.42. The Kier molecular flexibility index (Phi) is 5.15. The molecule has 0 atom stereocenters. The fraction of sp³-hybridized carbons (Fsp3) is 0.0455. The predicted octanol–water partition coefficient (Wildman–Crippen LogP) is 5.58. The molecule has 27 heavy (non-hydrogen) atoms. The van der Waals surface area contributed by atoms with E-state index in [4.69, 9.17) is 16.6 Å². The Labute approximate surface area is 162 Å². The first-order valence-corrected chi connectivity index (χ1v) is 10.1. The molecule has 5 heteroatoms. The van der Waals surface area contributed by atoms with Crippen molar-refractivity contribution in [1.82, 2.24) is 4.98 Å². The zero-order valence-corrected chi connectivity index (χ0v) is 15.8. The van der Waals surface area contributed by atoms with Crippen molar-refractivity contribution in [3.63, 3.8) is 0 Å². The highest BCUT2D eigenvalue weighted by Crippen LogP contribution is 2.35. The number of halogens is 3. The lowest BCUT2D eigenvalue weighted by Crippen LogP contribution is -2.23. The van der Waals surface area contributed by atoms with Crippen molar-refractivity contribution in [2.75, 3.05) is 0 Å². The molecular formula is C22H15ClF2NP. The van der Waals surface area contributed by atoms with Crippen LogP contribution in [0.15, 0.2) is 84.9 Å². The van der Waals surface area contributed by atoms with Gasteiger partial charge in [0.05, 0.1) is 11.0 Å². The summed E-state index contributed by atoms with van der Waals surface area (Å²) < 4.78 is 27.6. The average Bonchev–Trinajstić information content (AvgIpc) is 2.69. The van der Waals surface area contributed by atoms with Gasteiger partial charge in [-0.3, -0.25) is 0 Å². The van der Waals surface area contributed by atoms with E-state index in [0.29, 0.717) is 21.4 Å². The van der Waals surface area contributed by atoms with Crippen molar-refractivity contribution in [2.24, 2.45) is 0 Å². The van der Waals surface area contributed by atoms with Crippen LogP contribution >= 0.6 is 19.5 Å². The molecular weight excluding hydrogens is 383 g/mol. The van der Waals surface area contributed by atoms with Crippen LogP contribution in [0.1, 0.15) is 12.0 Å². The Morgan fingerprint density at radius 2 is 1.37 bits per heavy atom. The van der Waals surface area contributed by atoms with Gasteiger partial charge in [-0.25, -0.2) is 13.8 Å². The number of alkyl halides is 2. The van der Waals surface area contributed by atoms with Gasteiger partial charge in [0.1, 0.15) is 0 Å². The first-order chi connectivity index (χ1) is 13.1. The molecule has 1 aromatic heterocycles. The maximum absolute atomic E-state index is 13.8. The summed E-state index contributed by atoms with van der Waals surface area (Å²) in [5.74, 6) is 0. The second-order valence-electron chi connectivity index (χ2n) is 6.04. The van der Waals surface area contributed by atoms with Crippen molar-refractivity contribution < 1.29 is 8.78 Å². The number of hydrogen-bond donors (Lipinski definition) is 0. The molecule has 0 aliphatic rings. The summed E-state index contributed by atoms with van der Waals surface area (Å²) in [5.41, 5.74) is 1.16. The van der Waals surface area contributed by atoms with Gasteiger partial charge in [0.2, 0.25) is 0 Å². The van der Waals surface area contributed by atoms with Crippen LogP contribution in [-0.4, -0.2) is 4.98 Å². The minimum Gasteiger partial charge on any atom is -0.247 e. The largest absolute Gasteiger partial charge is 0.264 e. The number of fused-ring (bicyclic) bond motifs is 1. The summed E-state index contributed by atoms with van der Waals surface area (Å²) in [4.78, 5) is 4.75. The Bertz CT molecular complexity index is 1030. The maximum atomic E-state index is 13.8. The molecule has 4 rings (SSSR count). The maximum Gasteiger partial charge on any atom is 0.264 e. The summed E-state index contributed by atoms with van der Waals surface area (Å²) in [7, 11) is -1.05. The molecule has 0 unspecified atom stereocenters. The minimum atomic E-state index is -2.60. The third-order valence-electron chi connectivity index (χ3n) is 4.28. The van der Waals surface area contributed by atoms with Gasteiger partial charge in [0.15, 0.2) is 0 Å². The van der Waals surface area contributed by atoms with E-state index in [0.717, 1.165) is 10.6 Å². The molecule has 134 valence electrons. The number of hydrogen-bond acceptors (Lipinski definition) is 1. The second kappa shape index (κ2) is 7.72. The molecule has 0 spiro atoms. The van der Waals surface area contributed by atoms with Crippen LogP contribution in [0.4, 0.5) is 8.78 Å². The van der Waals surface area contributed by atoms with Gasteiger partial charge in [-0.1, -0.05) is 72.3 Å². The van der Waals surface area contributed by atoms with Crippen LogP contribution in [0.25, 0.3) is 10.9 Å². The van der Waals surface area contributed by atoms with Crippen LogP contribution in [0.5, 0.6) is 0 Å². The lowest BCUT2D eigenvalue weighted by molar-refractivity contribution is 0.153. The highest BCUT2D eigenvalue weighted by Gasteiger charge is 2.22. The second-order valence-corrected chi connectivity index (χ2v) is 8.64. The Hall–Kier alpha value is -2.35. The molecule has 0 aliphatic carbocycles. The molecule has 0 fully saturated rings. The van der Waals surface area contributed by atoms with Crippen molar-refractivity contribution in [3.05, 3.63) is 95.5 Å². The molecule has 0 saturated heterocycles. The SMILES string of the molecule is FC(F)c1cc(P(c2ccccc2)c2ccccc2)nc2ccc(Cl)cc12. The smallest absolute Gasteiger partial charge is 0.247 e. The predicted molar refractivity (Wildman–Crippen MR) is 110 cm³/mol. The topological polar surface area (TPSA) is 12.9 Å². The molecule has 4 aromatic rings. The molecule has 0 aliphatic heterocycles. The summed E-state index contributed by atoms with van der Waals surface area (Å²) >= 11 is 6.02. The monoisotopic (exact) mass is 397 g/mol. The first kappa shape index (κ1) is 18.0. The van der Waals surface area contributed by atoms with Gasteiger partial charge in [-0.2, -0.15) is 0 Å². The third kappa shape index (κ3) is 3.71. The quantitative estimate of drug-likeness (QED) is 0.409. The zero-order valence-electron chi connectivity index (χ0n) is 14.2. The molecule has 1 nitrogen and oxygen atoms in total. The standard InChI is InChI=1S/C22H15ClF2NP/c23-15-11-12-20-18(13-15)19(22(24)25)14-21(26-20)27(16-7-3-1-4-8-16)17-9-5-2-6-10-17/h1-14,22H. The molecule has 0 radical (unpaired) electrons. The molecule has 3 aromatic carbocycles. The number of aromatic nitrogens is 1. The van der Waals surface area contributed by atoms with E-state index >= 15 is 0 Å². The number of nitrogens with zero attached hydrogens (tertiary/aromatic N) is 1. The van der Waals surface area contributed by atoms with Crippen LogP contribution in [0.2, 0.25) is 5.02 Å². The van der Waals surface area contributed by atoms with E-state index in [9.17, 15) is 8.78 Å². The summed E-state index contributed by atoms with van der Waals surface area (Å²) in [6, 6.07) is 26.3. The van der Waals surface area contributed by atoms with Gasteiger partial charge in [0, 0.05) is 23.9 Å². The van der Waals surface area contributed by atoms with Crippen LogP contribution < -0.4 is 16.0 Å². The Balaban J connectivity index is 1.98. The summed E-state index contributed by atoms with van der Waals surface area (Å²) in [6.07, 6.45) is -2.60. The van der Waals surface area contributed by atoms with E-state index in [1.54, 1.807) is 18.2 Å². The lowest BCUT2D eigenvalue weighted by Gasteiger charge is -2.20. The number of pyridine rings is 1. The fourth-order valence-corrected chi connectivity index (χ4v) is 5.49. The van der Waals surface area contributed by atoms with E-state index < -0.39 is 14.3 Å². The van der Waals surface area contributed by atoms with E-state index in [2.05, 4.69) is 0 Å². The van der Waals surface area contributed by atoms with Gasteiger partial charge in [0.25, 0.3) is 6.43 Å². The lowest BCUT2D eigenvalue weighted by atomic mass is 10.1. The molecule has 1 heterocycles. The minimum absolute atomic E-state index is 0.0307. The van der Waals surface area contributed by atoms with Crippen LogP contribution in [-0.2, 0) is 0 Å². The normalized spacial score (nSPS) is 11.4. The van der Waals surface area contributed by atoms with Gasteiger partial charge in [-0.05, 0) is 34.9 Å².